The van der Waals surface area contributed by atoms with Gasteiger partial charge in [0, 0.05) is 22.5 Å². The number of halogens is 3. The minimum absolute atomic E-state index is 0.271. The fourth-order valence-corrected chi connectivity index (χ4v) is 6.25. The molecule has 1 saturated carbocycles. The van der Waals surface area contributed by atoms with E-state index in [2.05, 4.69) is 39.0 Å². The number of alkyl halides is 3. The van der Waals surface area contributed by atoms with E-state index >= 15 is 0 Å². The second-order valence-electron chi connectivity index (χ2n) is 9.65. The van der Waals surface area contributed by atoms with E-state index in [0.29, 0.717) is 11.8 Å². The summed E-state index contributed by atoms with van der Waals surface area (Å²) >= 11 is 0. The molecule has 1 aliphatic heterocycles. The van der Waals surface area contributed by atoms with Crippen molar-refractivity contribution in [3.8, 4) is 5.75 Å². The maximum absolute atomic E-state index is 10.9. The summed E-state index contributed by atoms with van der Waals surface area (Å²) in [7, 11) is 0. The summed E-state index contributed by atoms with van der Waals surface area (Å²) in [5, 5.41) is 33.4. The van der Waals surface area contributed by atoms with Crippen LogP contribution in [-0.2, 0) is 16.6 Å². The zero-order valence-electron chi connectivity index (χ0n) is 19.0. The van der Waals surface area contributed by atoms with Crippen molar-refractivity contribution >= 4 is 28.2 Å². The Bertz CT molecular complexity index is 1250. The lowest BCUT2D eigenvalue weighted by Crippen LogP contribution is -2.59. The van der Waals surface area contributed by atoms with Crippen LogP contribution in [-0.4, -0.2) is 45.1 Å². The highest BCUT2D eigenvalue weighted by atomic mass is 19.4. The Morgan fingerprint density at radius 1 is 1.17 bits per heavy atom. The lowest BCUT2D eigenvalue weighted by Gasteiger charge is -2.56. The number of aromatic nitrogens is 2. The number of aromatic amines is 1. The van der Waals surface area contributed by atoms with Crippen LogP contribution in [0.2, 0.25) is 0 Å². The van der Waals surface area contributed by atoms with Gasteiger partial charge in [-0.3, -0.25) is 5.10 Å². The fourth-order valence-electron chi connectivity index (χ4n) is 6.25. The first-order valence-corrected chi connectivity index (χ1v) is 11.8. The van der Waals surface area contributed by atoms with Gasteiger partial charge < -0.3 is 20.8 Å². The summed E-state index contributed by atoms with van der Waals surface area (Å²) in [5.74, 6) is -1.67. The molecule has 1 saturated heterocycles. The number of aromatic hydroxyl groups is 1. The summed E-state index contributed by atoms with van der Waals surface area (Å²) in [4.78, 5) is 8.90. The highest BCUT2D eigenvalue weighted by Crippen LogP contribution is 2.55. The number of benzene rings is 2. The number of hydrogen-bond acceptors (Lipinski definition) is 5. The lowest BCUT2D eigenvalue weighted by atomic mass is 9.53. The zero-order valence-corrected chi connectivity index (χ0v) is 19.0. The second-order valence-corrected chi connectivity index (χ2v) is 9.65. The molecule has 5 N–H and O–H groups in total. The predicted octanol–water partition coefficient (Wildman–Crippen LogP) is 4.99. The summed E-state index contributed by atoms with van der Waals surface area (Å²) in [6.45, 7) is 1.10. The second kappa shape index (κ2) is 8.75. The molecule has 2 aliphatic carbocycles. The number of anilines is 2. The van der Waals surface area contributed by atoms with Crippen molar-refractivity contribution in [1.29, 1.82) is 0 Å². The van der Waals surface area contributed by atoms with Crippen LogP contribution in [0.5, 0.6) is 5.75 Å². The highest BCUT2D eigenvalue weighted by molar-refractivity contribution is 5.83. The summed E-state index contributed by atoms with van der Waals surface area (Å²) < 4.78 is 31.7. The van der Waals surface area contributed by atoms with Gasteiger partial charge >= 0.3 is 12.1 Å². The van der Waals surface area contributed by atoms with E-state index in [4.69, 9.17) is 9.90 Å². The quantitative estimate of drug-likeness (QED) is 0.325. The van der Waals surface area contributed by atoms with Gasteiger partial charge in [-0.1, -0.05) is 12.8 Å². The standard InChI is InChI=1S/C23H26N4O.C2HF3O2/c28-22-12-18-14(10-20-17-3-1-2-6-23(17,18)7-8-24-20)11-21(22)26-16-4-5-19-15(9-16)13-25-27-19;3-2(4,5)1(6)7/h4-5,9,11-13,17,20,24,26,28H,1-3,6-8,10H2,(H,25,27);(H,6,7)/t17-,20+,23+;/m1./s1. The van der Waals surface area contributed by atoms with Crippen LogP contribution in [0, 0.1) is 5.92 Å². The van der Waals surface area contributed by atoms with E-state index in [1.807, 2.05) is 18.3 Å². The molecule has 1 aromatic heterocycles. The van der Waals surface area contributed by atoms with Gasteiger partial charge in [-0.05, 0) is 79.6 Å². The largest absolute Gasteiger partial charge is 0.506 e. The van der Waals surface area contributed by atoms with Gasteiger partial charge in [0.2, 0.25) is 0 Å². The van der Waals surface area contributed by atoms with Crippen LogP contribution in [0.4, 0.5) is 24.5 Å². The molecule has 3 atom stereocenters. The highest BCUT2D eigenvalue weighted by Gasteiger charge is 2.51. The van der Waals surface area contributed by atoms with Crippen LogP contribution in [0.15, 0.2) is 36.5 Å². The Hall–Kier alpha value is -3.27. The summed E-state index contributed by atoms with van der Waals surface area (Å²) in [6, 6.07) is 10.9. The number of nitrogens with one attached hydrogen (secondary N) is 3. The predicted molar refractivity (Wildman–Crippen MR) is 125 cm³/mol. The molecule has 0 spiro atoms. The van der Waals surface area contributed by atoms with Gasteiger partial charge in [0.1, 0.15) is 5.75 Å². The maximum Gasteiger partial charge on any atom is 0.490 e. The molecule has 35 heavy (non-hydrogen) atoms. The monoisotopic (exact) mass is 488 g/mol. The summed E-state index contributed by atoms with van der Waals surface area (Å²) in [5.41, 5.74) is 5.87. The van der Waals surface area contributed by atoms with Crippen molar-refractivity contribution in [3.63, 3.8) is 0 Å². The smallest absolute Gasteiger partial charge is 0.490 e. The number of carboxylic acid groups (broad SMARTS) is 1. The average molecular weight is 489 g/mol. The molecular weight excluding hydrogens is 461 g/mol. The van der Waals surface area contributed by atoms with E-state index < -0.39 is 12.1 Å². The molecule has 3 aliphatic rings. The molecule has 6 rings (SSSR count). The Kier molecular flexibility index (Phi) is 5.86. The van der Waals surface area contributed by atoms with Gasteiger partial charge in [0.25, 0.3) is 0 Å². The molecule has 2 bridgehead atoms. The SMILES string of the molecule is O=C(O)C(F)(F)F.Oc1cc2c(cc1Nc1ccc3[nH]ncc3c1)C[C@@H]1NCC[C@]23CCCC[C@H]13. The number of piperidine rings is 1. The Morgan fingerprint density at radius 3 is 2.74 bits per heavy atom. The lowest BCUT2D eigenvalue weighted by molar-refractivity contribution is -0.192. The molecule has 0 unspecified atom stereocenters. The third-order valence-corrected chi connectivity index (χ3v) is 7.72. The Balaban J connectivity index is 0.000000320. The van der Waals surface area contributed by atoms with Crippen molar-refractivity contribution in [3.05, 3.63) is 47.7 Å². The molecule has 2 heterocycles. The van der Waals surface area contributed by atoms with Crippen molar-refractivity contribution in [1.82, 2.24) is 15.5 Å². The molecule has 3 aromatic rings. The molecular formula is C25H27F3N4O3. The first kappa shape index (κ1) is 23.5. The number of rotatable bonds is 2. The van der Waals surface area contributed by atoms with Crippen LogP contribution in [0.3, 0.4) is 0 Å². The fraction of sp³-hybridized carbons (Fsp3) is 0.440. The van der Waals surface area contributed by atoms with Crippen LogP contribution < -0.4 is 10.6 Å². The number of phenols is 1. The number of carbonyl (C=O) groups is 1. The zero-order chi connectivity index (χ0) is 24.8. The van der Waals surface area contributed by atoms with Gasteiger partial charge in [0.05, 0.1) is 17.4 Å². The number of aliphatic carboxylic acids is 1. The van der Waals surface area contributed by atoms with E-state index in [0.717, 1.165) is 41.2 Å². The van der Waals surface area contributed by atoms with Crippen LogP contribution in [0.25, 0.3) is 10.9 Å². The molecule has 186 valence electrons. The minimum atomic E-state index is -5.08. The normalized spacial score (nSPS) is 25.1. The van der Waals surface area contributed by atoms with Gasteiger partial charge in [-0.25, -0.2) is 4.79 Å². The number of fused-ring (bicyclic) bond motifs is 2. The summed E-state index contributed by atoms with van der Waals surface area (Å²) in [6.07, 6.45) is 4.26. The first-order valence-electron chi connectivity index (χ1n) is 11.8. The topological polar surface area (TPSA) is 110 Å². The number of carboxylic acids is 1. The van der Waals surface area contributed by atoms with Crippen molar-refractivity contribution in [2.24, 2.45) is 5.92 Å². The third-order valence-electron chi connectivity index (χ3n) is 7.72. The van der Waals surface area contributed by atoms with Gasteiger partial charge in [-0.15, -0.1) is 0 Å². The van der Waals surface area contributed by atoms with E-state index in [9.17, 15) is 18.3 Å². The van der Waals surface area contributed by atoms with Gasteiger partial charge in [-0.2, -0.15) is 18.3 Å². The van der Waals surface area contributed by atoms with E-state index in [-0.39, 0.29) is 5.41 Å². The van der Waals surface area contributed by atoms with Crippen LogP contribution in [0.1, 0.15) is 43.2 Å². The van der Waals surface area contributed by atoms with Crippen molar-refractivity contribution in [2.45, 2.75) is 56.2 Å². The minimum Gasteiger partial charge on any atom is -0.506 e. The number of nitrogens with zero attached hydrogens (tertiary/aromatic N) is 1. The molecule has 10 heteroatoms. The first-order chi connectivity index (χ1) is 16.7. The maximum atomic E-state index is 10.9. The van der Waals surface area contributed by atoms with Crippen LogP contribution >= 0.6 is 0 Å². The number of hydrogen-bond donors (Lipinski definition) is 5. The van der Waals surface area contributed by atoms with Crippen molar-refractivity contribution < 1.29 is 28.2 Å². The molecule has 2 aromatic carbocycles. The number of phenolic OH excluding ortho intramolecular Hbond substituents is 1. The molecule has 0 radical (unpaired) electrons. The Labute approximate surface area is 199 Å². The van der Waals surface area contributed by atoms with E-state index in [1.54, 1.807) is 0 Å². The molecule has 2 fully saturated rings. The average Bonchev–Trinajstić information content (AvgIpc) is 3.28. The number of H-pyrrole nitrogens is 1. The Morgan fingerprint density at radius 2 is 1.97 bits per heavy atom. The van der Waals surface area contributed by atoms with E-state index in [1.165, 1.54) is 43.2 Å². The third kappa shape index (κ3) is 4.31. The van der Waals surface area contributed by atoms with Gasteiger partial charge in [0.15, 0.2) is 0 Å². The molecule has 7 nitrogen and oxygen atoms in total. The van der Waals surface area contributed by atoms with Crippen molar-refractivity contribution in [2.75, 3.05) is 11.9 Å². The molecule has 0 amide bonds.